The molecule has 5 aliphatic heterocycles. The molecule has 280 valence electrons. The number of rotatable bonds is 8. The molecule has 11 nitrogen and oxygen atoms in total. The number of nitrogens with one attached hydrogen (secondary N) is 2. The number of piperidine rings is 2. The van der Waals surface area contributed by atoms with E-state index in [-0.39, 0.29) is 35.4 Å². The standard InChI is InChI=1S/C36H47F4N5O6/c37-25-14-24-27(45-17-29(36(38,39)40)50-20-30(45)46)16-35(8-12-43(13-9-35)23-18-49-19-23)51-28(24)15-26(25)41-33(47)32(31(21-4-5-21)22-6-7-22)42-34(48)44-10-2-1-3-11-44/h14-15,21-23,27,29,31-32H,1-13,16-20H2,(H,41,47)(H,42,48)/t27?,29?,32-/m0/s1. The smallest absolute Gasteiger partial charge is 0.416 e. The van der Waals surface area contributed by atoms with E-state index < -0.39 is 60.7 Å². The van der Waals surface area contributed by atoms with Crippen molar-refractivity contribution in [2.75, 3.05) is 57.9 Å². The molecule has 4 saturated heterocycles. The van der Waals surface area contributed by atoms with E-state index in [0.717, 1.165) is 49.8 Å². The fourth-order valence-corrected chi connectivity index (χ4v) is 8.91. The Hall–Kier alpha value is -3.17. The van der Waals surface area contributed by atoms with E-state index in [4.69, 9.17) is 14.2 Å². The van der Waals surface area contributed by atoms with Gasteiger partial charge in [-0.1, -0.05) is 0 Å². The second-order valence-corrected chi connectivity index (χ2v) is 15.7. The number of hydrogen-bond donors (Lipinski definition) is 2. The Morgan fingerprint density at radius 3 is 2.25 bits per heavy atom. The molecule has 7 aliphatic rings. The molecule has 2 N–H and O–H groups in total. The van der Waals surface area contributed by atoms with Crippen molar-refractivity contribution in [1.82, 2.24) is 20.0 Å². The lowest BCUT2D eigenvalue weighted by molar-refractivity contribution is -0.238. The molecule has 3 atom stereocenters. The number of alkyl halides is 3. The molecule has 1 aromatic rings. The maximum Gasteiger partial charge on any atom is 0.416 e. The minimum absolute atomic E-state index is 0.0523. The molecule has 4 amide bonds. The van der Waals surface area contributed by atoms with E-state index in [1.807, 2.05) is 0 Å². The first-order valence-corrected chi connectivity index (χ1v) is 18.7. The zero-order chi connectivity index (χ0) is 35.5. The second-order valence-electron chi connectivity index (χ2n) is 15.7. The van der Waals surface area contributed by atoms with E-state index in [0.29, 0.717) is 70.1 Å². The number of carbonyl (C=O) groups is 3. The van der Waals surface area contributed by atoms with Gasteiger partial charge in [0.25, 0.3) is 0 Å². The Bertz CT molecular complexity index is 1490. The Morgan fingerprint density at radius 2 is 1.65 bits per heavy atom. The van der Waals surface area contributed by atoms with E-state index in [9.17, 15) is 27.6 Å². The highest BCUT2D eigenvalue weighted by molar-refractivity contribution is 5.97. The zero-order valence-electron chi connectivity index (χ0n) is 28.7. The summed E-state index contributed by atoms with van der Waals surface area (Å²) in [5, 5.41) is 5.81. The number of anilines is 1. The first kappa shape index (κ1) is 34.9. The predicted octanol–water partition coefficient (Wildman–Crippen LogP) is 4.61. The molecule has 0 radical (unpaired) electrons. The third-order valence-corrected chi connectivity index (χ3v) is 12.2. The predicted molar refractivity (Wildman–Crippen MR) is 175 cm³/mol. The van der Waals surface area contributed by atoms with Crippen LogP contribution < -0.4 is 15.4 Å². The molecule has 6 fully saturated rings. The molecule has 0 bridgehead atoms. The number of benzene rings is 1. The summed E-state index contributed by atoms with van der Waals surface area (Å²) in [6, 6.07) is 0.860. The van der Waals surface area contributed by atoms with Gasteiger partial charge in [-0.25, -0.2) is 9.18 Å². The molecule has 2 aliphatic carbocycles. The van der Waals surface area contributed by atoms with Crippen LogP contribution in [0.4, 0.5) is 28.0 Å². The van der Waals surface area contributed by atoms with Crippen LogP contribution in [0.15, 0.2) is 12.1 Å². The monoisotopic (exact) mass is 721 g/mol. The normalized spacial score (nSPS) is 27.8. The van der Waals surface area contributed by atoms with Gasteiger partial charge in [0.2, 0.25) is 11.8 Å². The largest absolute Gasteiger partial charge is 0.487 e. The van der Waals surface area contributed by atoms with Crippen LogP contribution in [0, 0.1) is 23.6 Å². The molecule has 1 spiro atoms. The van der Waals surface area contributed by atoms with Crippen LogP contribution in [0.3, 0.4) is 0 Å². The van der Waals surface area contributed by atoms with Crippen LogP contribution in [0.2, 0.25) is 0 Å². The highest BCUT2D eigenvalue weighted by Gasteiger charge is 2.52. The second kappa shape index (κ2) is 13.7. The quantitative estimate of drug-likeness (QED) is 0.378. The van der Waals surface area contributed by atoms with E-state index in [1.165, 1.54) is 12.1 Å². The number of carbonyl (C=O) groups excluding carboxylic acids is 3. The summed E-state index contributed by atoms with van der Waals surface area (Å²) in [5.41, 5.74) is -0.702. The van der Waals surface area contributed by atoms with Gasteiger partial charge < -0.3 is 34.6 Å². The van der Waals surface area contributed by atoms with Gasteiger partial charge in [-0.3, -0.25) is 14.5 Å². The number of nitrogens with zero attached hydrogens (tertiary/aromatic N) is 3. The highest BCUT2D eigenvalue weighted by atomic mass is 19.4. The minimum Gasteiger partial charge on any atom is -0.487 e. The van der Waals surface area contributed by atoms with Crippen LogP contribution in [0.1, 0.15) is 75.8 Å². The first-order chi connectivity index (χ1) is 24.5. The van der Waals surface area contributed by atoms with Gasteiger partial charge >= 0.3 is 12.2 Å². The summed E-state index contributed by atoms with van der Waals surface area (Å²) < 4.78 is 74.5. The van der Waals surface area contributed by atoms with Crippen molar-refractivity contribution in [3.05, 3.63) is 23.5 Å². The number of hydrogen-bond acceptors (Lipinski definition) is 7. The van der Waals surface area contributed by atoms with Crippen LogP contribution in [0.25, 0.3) is 0 Å². The van der Waals surface area contributed by atoms with E-state index in [2.05, 4.69) is 15.5 Å². The van der Waals surface area contributed by atoms with Crippen LogP contribution >= 0.6 is 0 Å². The molecule has 2 unspecified atom stereocenters. The fraction of sp³-hybridized carbons (Fsp3) is 0.750. The molecule has 5 heterocycles. The maximum atomic E-state index is 16.1. The Kier molecular flexibility index (Phi) is 9.35. The molecule has 51 heavy (non-hydrogen) atoms. The average molecular weight is 722 g/mol. The summed E-state index contributed by atoms with van der Waals surface area (Å²) in [4.78, 5) is 45.9. The number of fused-ring (bicyclic) bond motifs is 1. The number of morpholine rings is 1. The third-order valence-electron chi connectivity index (χ3n) is 12.2. The number of halogens is 4. The Morgan fingerprint density at radius 1 is 0.961 bits per heavy atom. The van der Waals surface area contributed by atoms with Gasteiger partial charge in [0.1, 0.15) is 29.8 Å². The number of likely N-dealkylation sites (tertiary alicyclic amines) is 2. The molecular weight excluding hydrogens is 674 g/mol. The van der Waals surface area contributed by atoms with Crippen molar-refractivity contribution in [2.24, 2.45) is 17.8 Å². The molecule has 8 rings (SSSR count). The average Bonchev–Trinajstić information content (AvgIpc) is 4.02. The van der Waals surface area contributed by atoms with Crippen molar-refractivity contribution in [3.63, 3.8) is 0 Å². The van der Waals surface area contributed by atoms with Crippen LogP contribution in [-0.4, -0.2) is 115 Å². The van der Waals surface area contributed by atoms with E-state index >= 15 is 4.39 Å². The molecular formula is C36H47F4N5O6. The van der Waals surface area contributed by atoms with Crippen molar-refractivity contribution in [1.29, 1.82) is 0 Å². The van der Waals surface area contributed by atoms with Crippen molar-refractivity contribution in [3.8, 4) is 5.75 Å². The number of amides is 4. The van der Waals surface area contributed by atoms with E-state index in [1.54, 1.807) is 4.90 Å². The third kappa shape index (κ3) is 7.26. The molecule has 15 heteroatoms. The topological polar surface area (TPSA) is 113 Å². The molecule has 0 aromatic heterocycles. The zero-order valence-corrected chi connectivity index (χ0v) is 28.7. The summed E-state index contributed by atoms with van der Waals surface area (Å²) in [6.07, 6.45) is 1.25. The van der Waals surface area contributed by atoms with Crippen LogP contribution in [0.5, 0.6) is 5.75 Å². The van der Waals surface area contributed by atoms with Gasteiger partial charge in [-0.05, 0) is 81.6 Å². The Labute approximate surface area is 294 Å². The summed E-state index contributed by atoms with van der Waals surface area (Å²) >= 11 is 0. The lowest BCUT2D eigenvalue weighted by Gasteiger charge is -2.51. The van der Waals surface area contributed by atoms with Crippen molar-refractivity contribution in [2.45, 2.75) is 100 Å². The molecule has 2 saturated carbocycles. The van der Waals surface area contributed by atoms with Crippen molar-refractivity contribution >= 4 is 23.5 Å². The van der Waals surface area contributed by atoms with Gasteiger partial charge in [-0.15, -0.1) is 0 Å². The maximum absolute atomic E-state index is 16.1. The Balaban J connectivity index is 1.08. The first-order valence-electron chi connectivity index (χ1n) is 18.7. The number of ether oxygens (including phenoxy) is 3. The van der Waals surface area contributed by atoms with Crippen molar-refractivity contribution < 1.29 is 46.2 Å². The van der Waals surface area contributed by atoms with Gasteiger partial charge in [0.15, 0.2) is 6.10 Å². The molecule has 1 aromatic carbocycles. The van der Waals surface area contributed by atoms with Crippen LogP contribution in [-0.2, 0) is 19.1 Å². The number of urea groups is 1. The lowest BCUT2D eigenvalue weighted by Crippen LogP contribution is -2.59. The fourth-order valence-electron chi connectivity index (χ4n) is 8.91. The highest BCUT2D eigenvalue weighted by Crippen LogP contribution is 2.52. The van der Waals surface area contributed by atoms with Gasteiger partial charge in [-0.2, -0.15) is 13.2 Å². The summed E-state index contributed by atoms with van der Waals surface area (Å²) in [7, 11) is 0. The SMILES string of the molecule is O=C(Nc1cc2c(cc1F)C(N1CC(C(F)(F)F)OCC1=O)CC1(CCN(C3COC3)CC1)O2)[C@@H](NC(=O)N1CCCCC1)C(C1CC1)C1CC1. The minimum atomic E-state index is -4.68. The van der Waals surface area contributed by atoms with Gasteiger partial charge in [0.05, 0.1) is 37.5 Å². The van der Waals surface area contributed by atoms with Gasteiger partial charge in [0, 0.05) is 44.2 Å². The summed E-state index contributed by atoms with van der Waals surface area (Å²) in [5.74, 6) is -1.10. The lowest BCUT2D eigenvalue weighted by atomic mass is 9.79. The summed E-state index contributed by atoms with van der Waals surface area (Å²) in [6.45, 7) is 2.43.